The lowest BCUT2D eigenvalue weighted by molar-refractivity contribution is 0.0951. The van der Waals surface area contributed by atoms with E-state index in [1.807, 2.05) is 31.2 Å². The molecular formula is C24H22N2O3S2. The van der Waals surface area contributed by atoms with Gasteiger partial charge in [0.15, 0.2) is 0 Å². The molecule has 0 fully saturated rings. The molecule has 158 valence electrons. The number of nitrogens with zero attached hydrogens (tertiary/aromatic N) is 1. The molecular weight excluding hydrogens is 428 g/mol. The van der Waals surface area contributed by atoms with Crippen molar-refractivity contribution in [2.24, 2.45) is 0 Å². The number of fused-ring (bicyclic) bond motifs is 1. The number of benzene rings is 3. The Morgan fingerprint density at radius 3 is 2.48 bits per heavy atom. The third-order valence-electron chi connectivity index (χ3n) is 5.15. The van der Waals surface area contributed by atoms with E-state index in [1.54, 1.807) is 54.7 Å². The van der Waals surface area contributed by atoms with Crippen LogP contribution in [0.25, 0.3) is 10.9 Å². The molecule has 0 radical (unpaired) electrons. The SMILES string of the molecule is Cc1ccc(S(=O)(=O)n2ccc3ccc(CCNC(=O)c4ccccc4S)cc32)cc1. The molecule has 0 aliphatic heterocycles. The van der Waals surface area contributed by atoms with Crippen molar-refractivity contribution in [3.8, 4) is 0 Å². The first-order valence-electron chi connectivity index (χ1n) is 9.85. The van der Waals surface area contributed by atoms with Crippen LogP contribution in [0.3, 0.4) is 0 Å². The summed E-state index contributed by atoms with van der Waals surface area (Å²) in [5.74, 6) is -0.183. The first-order valence-corrected chi connectivity index (χ1v) is 11.7. The van der Waals surface area contributed by atoms with Gasteiger partial charge in [-0.3, -0.25) is 4.79 Å². The first kappa shape index (κ1) is 21.2. The van der Waals surface area contributed by atoms with Crippen LogP contribution in [0.15, 0.2) is 88.8 Å². The van der Waals surface area contributed by atoms with E-state index in [4.69, 9.17) is 0 Å². The van der Waals surface area contributed by atoms with Crippen molar-refractivity contribution in [1.82, 2.24) is 9.29 Å². The Morgan fingerprint density at radius 2 is 1.74 bits per heavy atom. The number of carbonyl (C=O) groups excluding carboxylic acids is 1. The number of rotatable bonds is 6. The van der Waals surface area contributed by atoms with Crippen molar-refractivity contribution in [3.63, 3.8) is 0 Å². The quantitative estimate of drug-likeness (QED) is 0.427. The zero-order chi connectivity index (χ0) is 22.0. The van der Waals surface area contributed by atoms with Crippen molar-refractivity contribution in [2.45, 2.75) is 23.1 Å². The molecule has 4 rings (SSSR count). The molecule has 5 nitrogen and oxygen atoms in total. The molecule has 3 aromatic carbocycles. The van der Waals surface area contributed by atoms with Gasteiger partial charge in [-0.25, -0.2) is 12.4 Å². The molecule has 0 saturated carbocycles. The average Bonchev–Trinajstić information content (AvgIpc) is 3.18. The second-order valence-electron chi connectivity index (χ2n) is 7.35. The molecule has 0 bridgehead atoms. The highest BCUT2D eigenvalue weighted by atomic mass is 32.2. The van der Waals surface area contributed by atoms with E-state index in [0.717, 1.165) is 16.5 Å². The van der Waals surface area contributed by atoms with Crippen LogP contribution in [0.5, 0.6) is 0 Å². The third-order valence-corrected chi connectivity index (χ3v) is 7.24. The Kier molecular flexibility index (Phi) is 5.89. The minimum atomic E-state index is -3.69. The highest BCUT2D eigenvalue weighted by Gasteiger charge is 2.19. The molecule has 0 aliphatic carbocycles. The summed E-state index contributed by atoms with van der Waals surface area (Å²) in [6.07, 6.45) is 2.15. The van der Waals surface area contributed by atoms with Crippen LogP contribution in [-0.4, -0.2) is 24.8 Å². The topological polar surface area (TPSA) is 68.2 Å². The zero-order valence-electron chi connectivity index (χ0n) is 16.9. The number of carbonyl (C=O) groups is 1. The van der Waals surface area contributed by atoms with E-state index < -0.39 is 10.0 Å². The van der Waals surface area contributed by atoms with Gasteiger partial charge >= 0.3 is 0 Å². The summed E-state index contributed by atoms with van der Waals surface area (Å²) < 4.78 is 27.6. The lowest BCUT2D eigenvalue weighted by atomic mass is 10.1. The van der Waals surface area contributed by atoms with Crippen LogP contribution in [0, 0.1) is 6.92 Å². The van der Waals surface area contributed by atoms with Gasteiger partial charge in [0.1, 0.15) is 0 Å². The molecule has 0 spiro atoms. The summed E-state index contributed by atoms with van der Waals surface area (Å²) in [7, 11) is -3.69. The number of thiol groups is 1. The maximum absolute atomic E-state index is 13.1. The number of hydrogen-bond acceptors (Lipinski definition) is 4. The molecule has 1 N–H and O–H groups in total. The highest BCUT2D eigenvalue weighted by Crippen LogP contribution is 2.24. The zero-order valence-corrected chi connectivity index (χ0v) is 18.7. The molecule has 31 heavy (non-hydrogen) atoms. The molecule has 0 saturated heterocycles. The molecule has 4 aromatic rings. The fourth-order valence-electron chi connectivity index (χ4n) is 3.42. The Bertz CT molecular complexity index is 1360. The van der Waals surface area contributed by atoms with Crippen LogP contribution >= 0.6 is 12.6 Å². The Hall–Kier alpha value is -3.03. The van der Waals surface area contributed by atoms with Crippen LogP contribution in [0.4, 0.5) is 0 Å². The molecule has 0 aliphatic rings. The van der Waals surface area contributed by atoms with Crippen molar-refractivity contribution < 1.29 is 13.2 Å². The van der Waals surface area contributed by atoms with Crippen LogP contribution in [0.2, 0.25) is 0 Å². The minimum Gasteiger partial charge on any atom is -0.352 e. The van der Waals surface area contributed by atoms with Crippen molar-refractivity contribution in [3.05, 3.63) is 95.7 Å². The predicted molar refractivity (Wildman–Crippen MR) is 125 cm³/mol. The number of aryl methyl sites for hydroxylation is 1. The Labute approximate surface area is 187 Å². The number of amides is 1. The molecule has 1 amide bonds. The lowest BCUT2D eigenvalue weighted by Gasteiger charge is -2.10. The van der Waals surface area contributed by atoms with Gasteiger partial charge in [0, 0.05) is 23.0 Å². The lowest BCUT2D eigenvalue weighted by Crippen LogP contribution is -2.26. The minimum absolute atomic E-state index is 0.183. The number of hydrogen-bond donors (Lipinski definition) is 2. The van der Waals surface area contributed by atoms with Gasteiger partial charge in [0.2, 0.25) is 0 Å². The monoisotopic (exact) mass is 450 g/mol. The van der Waals surface area contributed by atoms with Gasteiger partial charge in [-0.1, -0.05) is 42.0 Å². The molecule has 0 atom stereocenters. The second kappa shape index (κ2) is 8.61. The van der Waals surface area contributed by atoms with Crippen molar-refractivity contribution in [1.29, 1.82) is 0 Å². The van der Waals surface area contributed by atoms with E-state index >= 15 is 0 Å². The normalized spacial score (nSPS) is 11.5. The summed E-state index contributed by atoms with van der Waals surface area (Å²) in [5, 5.41) is 3.73. The number of nitrogens with one attached hydrogen (secondary N) is 1. The Balaban J connectivity index is 1.54. The van der Waals surface area contributed by atoms with Crippen LogP contribution < -0.4 is 5.32 Å². The standard InChI is InChI=1S/C24H22N2O3S2/c1-17-6-10-20(11-7-17)31(28,29)26-15-13-19-9-8-18(16-22(19)26)12-14-25-24(27)21-4-2-3-5-23(21)30/h2-11,13,15-16,30H,12,14H2,1H3,(H,25,27). The summed E-state index contributed by atoms with van der Waals surface area (Å²) in [4.78, 5) is 13.2. The molecule has 1 heterocycles. The van der Waals surface area contributed by atoms with E-state index in [2.05, 4.69) is 17.9 Å². The van der Waals surface area contributed by atoms with Gasteiger partial charge in [-0.05, 0) is 55.3 Å². The maximum Gasteiger partial charge on any atom is 0.268 e. The third kappa shape index (κ3) is 4.38. The smallest absolute Gasteiger partial charge is 0.268 e. The van der Waals surface area contributed by atoms with E-state index in [1.165, 1.54) is 3.97 Å². The van der Waals surface area contributed by atoms with E-state index in [9.17, 15) is 13.2 Å². The van der Waals surface area contributed by atoms with Gasteiger partial charge in [0.25, 0.3) is 15.9 Å². The van der Waals surface area contributed by atoms with Gasteiger partial charge in [-0.15, -0.1) is 12.6 Å². The molecule has 7 heteroatoms. The first-order chi connectivity index (χ1) is 14.9. The molecule has 0 unspecified atom stereocenters. The van der Waals surface area contributed by atoms with Gasteiger partial charge < -0.3 is 5.32 Å². The summed E-state index contributed by atoms with van der Waals surface area (Å²) in [6.45, 7) is 2.35. The second-order valence-corrected chi connectivity index (χ2v) is 9.64. The largest absolute Gasteiger partial charge is 0.352 e. The highest BCUT2D eigenvalue weighted by molar-refractivity contribution is 7.90. The van der Waals surface area contributed by atoms with E-state index in [-0.39, 0.29) is 10.8 Å². The van der Waals surface area contributed by atoms with Crippen molar-refractivity contribution in [2.75, 3.05) is 6.54 Å². The van der Waals surface area contributed by atoms with Crippen LogP contribution in [-0.2, 0) is 16.4 Å². The fraction of sp³-hybridized carbons (Fsp3) is 0.125. The van der Waals surface area contributed by atoms with E-state index in [0.29, 0.717) is 28.9 Å². The fourth-order valence-corrected chi connectivity index (χ4v) is 5.03. The Morgan fingerprint density at radius 1 is 1.00 bits per heavy atom. The van der Waals surface area contributed by atoms with Gasteiger partial charge in [0.05, 0.1) is 16.0 Å². The average molecular weight is 451 g/mol. The van der Waals surface area contributed by atoms with Crippen molar-refractivity contribution >= 4 is 39.5 Å². The summed E-state index contributed by atoms with van der Waals surface area (Å²) in [5.41, 5.74) is 3.08. The molecule has 1 aromatic heterocycles. The predicted octanol–water partition coefficient (Wildman–Crippen LogP) is 4.45. The summed E-state index contributed by atoms with van der Waals surface area (Å²) in [6, 6.07) is 21.4. The van der Waals surface area contributed by atoms with Crippen LogP contribution in [0.1, 0.15) is 21.5 Å². The maximum atomic E-state index is 13.1. The number of aromatic nitrogens is 1. The summed E-state index contributed by atoms with van der Waals surface area (Å²) >= 11 is 4.32. The van der Waals surface area contributed by atoms with Gasteiger partial charge in [-0.2, -0.15) is 0 Å².